The van der Waals surface area contributed by atoms with Gasteiger partial charge in [-0.25, -0.2) is 0 Å². The number of piperazine rings is 1. The van der Waals surface area contributed by atoms with Crippen LogP contribution in [0.5, 0.6) is 0 Å². The fourth-order valence-electron chi connectivity index (χ4n) is 3.17. The quantitative estimate of drug-likeness (QED) is 0.837. The number of nitrogens with one attached hydrogen (secondary N) is 2. The van der Waals surface area contributed by atoms with Gasteiger partial charge in [-0.2, -0.15) is 0 Å². The van der Waals surface area contributed by atoms with E-state index in [4.69, 9.17) is 0 Å². The average molecular weight is 331 g/mol. The first-order valence-corrected chi connectivity index (χ1v) is 8.68. The minimum Gasteiger partial charge on any atom is -0.353 e. The smallest absolute Gasteiger partial charge is 0.237 e. The van der Waals surface area contributed by atoms with Crippen LogP contribution in [-0.2, 0) is 15.1 Å². The number of carbonyl (C=O) groups is 2. The molecule has 0 aromatic heterocycles. The number of carbonyl (C=O) groups excluding carboxylic acids is 2. The van der Waals surface area contributed by atoms with Crippen LogP contribution in [-0.4, -0.2) is 42.4 Å². The van der Waals surface area contributed by atoms with Gasteiger partial charge in [0.15, 0.2) is 0 Å². The zero-order valence-corrected chi connectivity index (χ0v) is 15.1. The average Bonchev–Trinajstić information content (AvgIpc) is 2.50. The predicted octanol–water partition coefficient (Wildman–Crippen LogP) is 1.88. The number of amides is 2. The van der Waals surface area contributed by atoms with Crippen LogP contribution >= 0.6 is 0 Å². The van der Waals surface area contributed by atoms with Gasteiger partial charge in [0.05, 0.1) is 18.0 Å². The first-order chi connectivity index (χ1) is 11.3. The number of rotatable bonds is 6. The van der Waals surface area contributed by atoms with Crippen LogP contribution in [0.4, 0.5) is 0 Å². The molecule has 1 atom stereocenters. The molecule has 2 rings (SSSR count). The number of hydrogen-bond acceptors (Lipinski definition) is 3. The molecular formula is C19H29N3O2. The largest absolute Gasteiger partial charge is 0.353 e. The van der Waals surface area contributed by atoms with Crippen LogP contribution in [0, 0.1) is 5.92 Å². The zero-order valence-electron chi connectivity index (χ0n) is 15.1. The highest BCUT2D eigenvalue weighted by atomic mass is 16.2. The van der Waals surface area contributed by atoms with E-state index in [1.54, 1.807) is 0 Å². The third-order valence-electron chi connectivity index (χ3n) is 4.37. The molecule has 2 amide bonds. The van der Waals surface area contributed by atoms with E-state index in [2.05, 4.69) is 29.4 Å². The fourth-order valence-corrected chi connectivity index (χ4v) is 3.17. The Kier molecular flexibility index (Phi) is 5.99. The molecule has 0 aliphatic carbocycles. The van der Waals surface area contributed by atoms with E-state index in [0.29, 0.717) is 12.5 Å². The van der Waals surface area contributed by atoms with E-state index in [1.807, 2.05) is 44.2 Å². The van der Waals surface area contributed by atoms with Gasteiger partial charge < -0.3 is 10.6 Å². The molecule has 0 saturated carbocycles. The summed E-state index contributed by atoms with van der Waals surface area (Å²) in [6.07, 6.45) is 0.189. The summed E-state index contributed by atoms with van der Waals surface area (Å²) >= 11 is 0. The monoisotopic (exact) mass is 331 g/mol. The van der Waals surface area contributed by atoms with Gasteiger partial charge >= 0.3 is 0 Å². The van der Waals surface area contributed by atoms with E-state index in [0.717, 1.165) is 18.7 Å². The summed E-state index contributed by atoms with van der Waals surface area (Å²) in [5, 5.41) is 5.94. The molecule has 1 aliphatic rings. The van der Waals surface area contributed by atoms with E-state index < -0.39 is 5.54 Å². The van der Waals surface area contributed by atoms with Crippen molar-refractivity contribution in [3.8, 4) is 0 Å². The summed E-state index contributed by atoms with van der Waals surface area (Å²) in [6, 6.07) is 9.49. The van der Waals surface area contributed by atoms with E-state index in [9.17, 15) is 9.59 Å². The zero-order chi connectivity index (χ0) is 17.7. The van der Waals surface area contributed by atoms with E-state index >= 15 is 0 Å². The summed E-state index contributed by atoms with van der Waals surface area (Å²) in [6.45, 7) is 10.5. The summed E-state index contributed by atoms with van der Waals surface area (Å²) in [5.74, 6) is 0.316. The van der Waals surface area contributed by atoms with Crippen molar-refractivity contribution in [1.29, 1.82) is 0 Å². The maximum absolute atomic E-state index is 12.6. The molecule has 2 N–H and O–H groups in total. The second kappa shape index (κ2) is 7.79. The molecule has 5 nitrogen and oxygen atoms in total. The third-order valence-corrected chi connectivity index (χ3v) is 4.37. The van der Waals surface area contributed by atoms with Crippen LogP contribution in [0.3, 0.4) is 0 Å². The van der Waals surface area contributed by atoms with Crippen molar-refractivity contribution >= 4 is 11.8 Å². The normalized spacial score (nSPS) is 19.2. The minimum atomic E-state index is -0.466. The summed E-state index contributed by atoms with van der Waals surface area (Å²) in [4.78, 5) is 26.9. The van der Waals surface area contributed by atoms with Gasteiger partial charge in [0, 0.05) is 19.6 Å². The van der Waals surface area contributed by atoms with Crippen LogP contribution in [0.25, 0.3) is 0 Å². The SMILES string of the molecule is CC(C)CN1CCNC(=O)[C@H]1CC(=O)NC(C)(C)c1ccccc1. The Morgan fingerprint density at radius 2 is 2.00 bits per heavy atom. The molecule has 1 aromatic rings. The van der Waals surface area contributed by atoms with Gasteiger partial charge in [0.1, 0.15) is 0 Å². The molecule has 1 heterocycles. The Morgan fingerprint density at radius 3 is 2.62 bits per heavy atom. The lowest BCUT2D eigenvalue weighted by Gasteiger charge is -2.36. The molecule has 0 unspecified atom stereocenters. The van der Waals surface area contributed by atoms with Crippen LogP contribution in [0.1, 0.15) is 39.7 Å². The van der Waals surface area contributed by atoms with Crippen molar-refractivity contribution in [3.63, 3.8) is 0 Å². The minimum absolute atomic E-state index is 0.0467. The van der Waals surface area contributed by atoms with Crippen molar-refractivity contribution in [2.45, 2.75) is 45.7 Å². The Bertz CT molecular complexity index is 569. The second-order valence-corrected chi connectivity index (χ2v) is 7.44. The topological polar surface area (TPSA) is 61.4 Å². The maximum atomic E-state index is 12.6. The highest BCUT2D eigenvalue weighted by Crippen LogP contribution is 2.20. The van der Waals surface area contributed by atoms with Crippen molar-refractivity contribution in [1.82, 2.24) is 15.5 Å². The van der Waals surface area contributed by atoms with Crippen LogP contribution in [0.2, 0.25) is 0 Å². The Hall–Kier alpha value is -1.88. The highest BCUT2D eigenvalue weighted by Gasteiger charge is 2.33. The van der Waals surface area contributed by atoms with Crippen LogP contribution < -0.4 is 10.6 Å². The highest BCUT2D eigenvalue weighted by molar-refractivity contribution is 5.89. The van der Waals surface area contributed by atoms with Crippen molar-refractivity contribution in [3.05, 3.63) is 35.9 Å². The van der Waals surface area contributed by atoms with Gasteiger partial charge in [-0.3, -0.25) is 14.5 Å². The van der Waals surface area contributed by atoms with E-state index in [1.165, 1.54) is 0 Å². The van der Waals surface area contributed by atoms with Gasteiger partial charge in [-0.1, -0.05) is 44.2 Å². The molecular weight excluding hydrogens is 302 g/mol. The Morgan fingerprint density at radius 1 is 1.33 bits per heavy atom. The first-order valence-electron chi connectivity index (χ1n) is 8.68. The lowest BCUT2D eigenvalue weighted by Crippen LogP contribution is -2.57. The Labute approximate surface area is 144 Å². The molecule has 1 aliphatic heterocycles. The summed E-state index contributed by atoms with van der Waals surface area (Å²) in [7, 11) is 0. The molecule has 132 valence electrons. The Balaban J connectivity index is 2.02. The standard InChI is InChI=1S/C19H29N3O2/c1-14(2)13-22-11-10-20-18(24)16(22)12-17(23)21-19(3,4)15-8-6-5-7-9-15/h5-9,14,16H,10-13H2,1-4H3,(H,20,24)(H,21,23)/t16-/m1/s1. The molecule has 5 heteroatoms. The predicted molar refractivity (Wildman–Crippen MR) is 95.4 cm³/mol. The molecule has 0 spiro atoms. The summed E-state index contributed by atoms with van der Waals surface area (Å²) < 4.78 is 0. The number of benzene rings is 1. The van der Waals surface area contributed by atoms with Gasteiger partial charge in [-0.15, -0.1) is 0 Å². The molecule has 1 fully saturated rings. The molecule has 0 radical (unpaired) electrons. The lowest BCUT2D eigenvalue weighted by molar-refractivity contribution is -0.134. The first kappa shape index (κ1) is 18.5. The van der Waals surface area contributed by atoms with E-state index in [-0.39, 0.29) is 24.3 Å². The van der Waals surface area contributed by atoms with Gasteiger partial charge in [0.25, 0.3) is 0 Å². The molecule has 1 aromatic carbocycles. The second-order valence-electron chi connectivity index (χ2n) is 7.44. The number of nitrogens with zero attached hydrogens (tertiary/aromatic N) is 1. The van der Waals surface area contributed by atoms with Crippen molar-refractivity contribution < 1.29 is 9.59 Å². The number of hydrogen-bond donors (Lipinski definition) is 2. The van der Waals surface area contributed by atoms with Gasteiger partial charge in [0.2, 0.25) is 11.8 Å². The lowest BCUT2D eigenvalue weighted by atomic mass is 9.94. The molecule has 1 saturated heterocycles. The maximum Gasteiger partial charge on any atom is 0.237 e. The summed E-state index contributed by atoms with van der Waals surface area (Å²) in [5.41, 5.74) is 0.581. The fraction of sp³-hybridized carbons (Fsp3) is 0.579. The molecule has 24 heavy (non-hydrogen) atoms. The third kappa shape index (κ3) is 4.81. The van der Waals surface area contributed by atoms with Crippen molar-refractivity contribution in [2.24, 2.45) is 5.92 Å². The van der Waals surface area contributed by atoms with Gasteiger partial charge in [-0.05, 0) is 25.3 Å². The van der Waals surface area contributed by atoms with Crippen LogP contribution in [0.15, 0.2) is 30.3 Å². The molecule has 0 bridgehead atoms. The van der Waals surface area contributed by atoms with Crippen molar-refractivity contribution in [2.75, 3.05) is 19.6 Å².